The van der Waals surface area contributed by atoms with Crippen molar-refractivity contribution >= 4 is 21.6 Å². The molecule has 0 aliphatic carbocycles. The Morgan fingerprint density at radius 1 is 1.00 bits per heavy atom. The van der Waals surface area contributed by atoms with Gasteiger partial charge in [0.25, 0.3) is 11.1 Å². The summed E-state index contributed by atoms with van der Waals surface area (Å²) in [4.78, 5) is 52.9. The number of nitrogens with one attached hydrogen (secondary N) is 5. The zero-order valence-electron chi connectivity index (χ0n) is 14.8. The molecular weight excluding hydrogens is 440 g/mol. The van der Waals surface area contributed by atoms with Gasteiger partial charge in [-0.25, -0.2) is 9.59 Å². The molecule has 0 radical (unpaired) electrons. The quantitative estimate of drug-likeness (QED) is 0.267. The van der Waals surface area contributed by atoms with E-state index in [0.717, 1.165) is 0 Å². The first-order chi connectivity index (χ1) is 12.8. The monoisotopic (exact) mass is 466 g/mol. The molecule has 0 spiro atoms. The lowest BCUT2D eigenvalue weighted by molar-refractivity contribution is 0.296. The van der Waals surface area contributed by atoms with Crippen molar-refractivity contribution in [3.8, 4) is 0 Å². The fourth-order valence-electron chi connectivity index (χ4n) is 1.46. The fourth-order valence-corrected chi connectivity index (χ4v) is 1.68. The number of likely N-dealkylation sites (N-methyl/N-ethyl adjacent to an activating group) is 2. The molecule has 0 saturated heterocycles. The van der Waals surface area contributed by atoms with Gasteiger partial charge in [0.2, 0.25) is 0 Å². The highest BCUT2D eigenvalue weighted by atomic mass is 79.9. The third-order valence-corrected chi connectivity index (χ3v) is 3.37. The van der Waals surface area contributed by atoms with Gasteiger partial charge in [0.05, 0.1) is 17.7 Å². The Bertz CT molecular complexity index is 888. The summed E-state index contributed by atoms with van der Waals surface area (Å²) in [5.74, 6) is 0. The predicted molar refractivity (Wildman–Crippen MR) is 111 cm³/mol. The maximum Gasteiger partial charge on any atom is 0.325 e. The molecule has 160 valence electrons. The predicted octanol–water partition coefficient (Wildman–Crippen LogP) is -1.85. The molecule has 2 rings (SSSR count). The number of rotatable bonds is 5. The molecule has 0 bridgehead atoms. The molecule has 0 unspecified atom stereocenters. The van der Waals surface area contributed by atoms with E-state index >= 15 is 0 Å². The van der Waals surface area contributed by atoms with Crippen molar-refractivity contribution in [3.05, 3.63) is 58.5 Å². The molecule has 2 aromatic heterocycles. The van der Waals surface area contributed by atoms with Gasteiger partial charge in [-0.3, -0.25) is 19.6 Å². The topological polar surface area (TPSA) is 187 Å². The number of hydrogen-bond acceptors (Lipinski definition) is 8. The maximum atomic E-state index is 11.2. The normalized spacial score (nSPS) is 9.18. The zero-order chi connectivity index (χ0) is 20.8. The minimum absolute atomic E-state index is 0. The van der Waals surface area contributed by atoms with Crippen LogP contribution in [0.3, 0.4) is 0 Å². The third-order valence-electron chi connectivity index (χ3n) is 2.78. The zero-order valence-corrected chi connectivity index (χ0v) is 16.4. The average Bonchev–Trinajstić information content (AvgIpc) is 2.60. The van der Waals surface area contributed by atoms with Gasteiger partial charge < -0.3 is 30.4 Å². The van der Waals surface area contributed by atoms with Crippen molar-refractivity contribution in [2.24, 2.45) is 0 Å². The van der Waals surface area contributed by atoms with Gasteiger partial charge in [0.1, 0.15) is 5.69 Å². The van der Waals surface area contributed by atoms with E-state index in [0.29, 0.717) is 23.2 Å². The first-order valence-electron chi connectivity index (χ1n) is 7.63. The van der Waals surface area contributed by atoms with Crippen LogP contribution >= 0.6 is 15.9 Å². The van der Waals surface area contributed by atoms with E-state index in [1.807, 2.05) is 4.98 Å². The number of aliphatic hydroxyl groups is 2. The molecule has 0 aliphatic rings. The summed E-state index contributed by atoms with van der Waals surface area (Å²) < 4.78 is 0.321. The number of aromatic amines is 4. The Hall–Kier alpha value is -2.48. The Labute approximate surface area is 168 Å². The largest absolute Gasteiger partial charge is 0.395 e. The molecule has 0 aliphatic heterocycles. The number of aliphatic hydroxyl groups excluding tert-OH is 2. The number of anilines is 1. The smallest absolute Gasteiger partial charge is 0.325 e. The van der Waals surface area contributed by atoms with Gasteiger partial charge in [-0.2, -0.15) is 0 Å². The molecule has 0 fully saturated rings. The fraction of sp³-hybridized carbons (Fsp3) is 0.467. The van der Waals surface area contributed by atoms with Crippen LogP contribution in [0, 0.1) is 0 Å². The second-order valence-electron chi connectivity index (χ2n) is 4.85. The second-order valence-corrected chi connectivity index (χ2v) is 5.70. The molecule has 12 nitrogen and oxygen atoms in total. The highest BCUT2D eigenvalue weighted by molar-refractivity contribution is 9.10. The molecule has 0 saturated carbocycles. The van der Waals surface area contributed by atoms with E-state index < -0.39 is 22.5 Å². The van der Waals surface area contributed by atoms with Crippen LogP contribution in [0.2, 0.25) is 0 Å². The SMILES string of the molecule is C.CN(CCO)c1c[nH]c(=O)[nH]c1=O.CNCCO.O=c1[nH]cc(Br)c(=O)[nH]1. The minimum Gasteiger partial charge on any atom is -0.395 e. The average molecular weight is 467 g/mol. The van der Waals surface area contributed by atoms with Gasteiger partial charge in [-0.15, -0.1) is 0 Å². The van der Waals surface area contributed by atoms with Gasteiger partial charge in [-0.1, -0.05) is 7.43 Å². The molecule has 0 amide bonds. The lowest BCUT2D eigenvalue weighted by Gasteiger charge is -2.15. The summed E-state index contributed by atoms with van der Waals surface area (Å²) in [5.41, 5.74) is -1.58. The van der Waals surface area contributed by atoms with Crippen LogP contribution in [-0.4, -0.2) is 70.5 Å². The van der Waals surface area contributed by atoms with Crippen molar-refractivity contribution in [1.82, 2.24) is 25.3 Å². The van der Waals surface area contributed by atoms with Crippen molar-refractivity contribution in [3.63, 3.8) is 0 Å². The molecule has 2 aromatic rings. The van der Waals surface area contributed by atoms with Crippen LogP contribution in [-0.2, 0) is 0 Å². The Balaban J connectivity index is 0. The number of H-pyrrole nitrogens is 4. The molecule has 2 heterocycles. The summed E-state index contributed by atoms with van der Waals surface area (Å²) in [5, 5.41) is 19.4. The first-order valence-corrected chi connectivity index (χ1v) is 8.43. The summed E-state index contributed by atoms with van der Waals surface area (Å²) in [6.07, 6.45) is 2.61. The Morgan fingerprint density at radius 2 is 1.54 bits per heavy atom. The number of hydrogen-bond donors (Lipinski definition) is 7. The van der Waals surface area contributed by atoms with Gasteiger partial charge in [0.15, 0.2) is 0 Å². The van der Waals surface area contributed by atoms with Crippen LogP contribution in [0.4, 0.5) is 5.69 Å². The number of aromatic nitrogens is 4. The maximum absolute atomic E-state index is 11.2. The summed E-state index contributed by atoms with van der Waals surface area (Å²) in [6.45, 7) is 1.22. The van der Waals surface area contributed by atoms with Crippen LogP contribution in [0.5, 0.6) is 0 Å². The summed E-state index contributed by atoms with van der Waals surface area (Å²) in [6, 6.07) is 0. The lowest BCUT2D eigenvalue weighted by Crippen LogP contribution is -2.31. The van der Waals surface area contributed by atoms with Crippen molar-refractivity contribution in [2.75, 3.05) is 45.3 Å². The van der Waals surface area contributed by atoms with Crippen molar-refractivity contribution in [2.45, 2.75) is 7.43 Å². The molecular formula is C15H27BrN6O6. The standard InChI is InChI=1S/C7H11N3O3.C4H3BrN2O2.C3H9NO.CH4/c1-10(2-3-11)5-4-8-7(13)9-6(5)12;5-2-1-6-4(9)7-3(2)8;1-4-2-3-5;/h4,11H,2-3H2,1H3,(H2,8,9,12,13);1H,(H2,6,7,8,9);4-5H,2-3H2,1H3;1H4. The van der Waals surface area contributed by atoms with Crippen LogP contribution in [0.1, 0.15) is 7.43 Å². The van der Waals surface area contributed by atoms with Gasteiger partial charge >= 0.3 is 11.4 Å². The number of nitrogens with zero attached hydrogens (tertiary/aromatic N) is 1. The lowest BCUT2D eigenvalue weighted by atomic mass is 10.4. The van der Waals surface area contributed by atoms with E-state index in [1.54, 1.807) is 19.0 Å². The van der Waals surface area contributed by atoms with Gasteiger partial charge in [0, 0.05) is 32.5 Å². The van der Waals surface area contributed by atoms with Gasteiger partial charge in [-0.05, 0) is 23.0 Å². The number of halogens is 1. The summed E-state index contributed by atoms with van der Waals surface area (Å²) in [7, 11) is 3.45. The summed E-state index contributed by atoms with van der Waals surface area (Å²) >= 11 is 2.92. The van der Waals surface area contributed by atoms with Crippen molar-refractivity contribution in [1.29, 1.82) is 0 Å². The van der Waals surface area contributed by atoms with Crippen LogP contribution < -0.4 is 32.7 Å². The Morgan fingerprint density at radius 3 is 1.89 bits per heavy atom. The van der Waals surface area contributed by atoms with E-state index in [1.165, 1.54) is 12.4 Å². The van der Waals surface area contributed by atoms with E-state index in [4.69, 9.17) is 10.2 Å². The van der Waals surface area contributed by atoms with E-state index in [-0.39, 0.29) is 20.6 Å². The molecule has 28 heavy (non-hydrogen) atoms. The highest BCUT2D eigenvalue weighted by Crippen LogP contribution is 1.98. The molecule has 13 heteroatoms. The third kappa shape index (κ3) is 11.3. The molecule has 0 aromatic carbocycles. The van der Waals surface area contributed by atoms with Crippen LogP contribution in [0.25, 0.3) is 0 Å². The second kappa shape index (κ2) is 15.6. The van der Waals surface area contributed by atoms with Crippen LogP contribution in [0.15, 0.2) is 36.0 Å². The molecule has 0 atom stereocenters. The Kier molecular flexibility index (Phi) is 15.4. The van der Waals surface area contributed by atoms with E-state index in [2.05, 4.69) is 36.2 Å². The first kappa shape index (κ1) is 27.7. The minimum atomic E-state index is -0.536. The molecule has 7 N–H and O–H groups in total. The van der Waals surface area contributed by atoms with Crippen molar-refractivity contribution < 1.29 is 10.2 Å². The highest BCUT2D eigenvalue weighted by Gasteiger charge is 2.04. The van der Waals surface area contributed by atoms with E-state index in [9.17, 15) is 19.2 Å².